The second kappa shape index (κ2) is 5.50. The van der Waals surface area contributed by atoms with Gasteiger partial charge in [-0.2, -0.15) is 5.10 Å². The molecule has 0 radical (unpaired) electrons. The molecular formula is C13H23N5O. The maximum Gasteiger partial charge on any atom is 0.175 e. The molecule has 6 heteroatoms. The fraction of sp³-hybridized carbons (Fsp3) is 0.692. The Bertz CT molecular complexity index is 476. The maximum absolute atomic E-state index is 8.97. The average molecular weight is 265 g/mol. The Morgan fingerprint density at radius 3 is 2.79 bits per heavy atom. The first-order valence-electron chi connectivity index (χ1n) is 6.88. The highest BCUT2D eigenvalue weighted by atomic mass is 16.4. The molecule has 106 valence electrons. The van der Waals surface area contributed by atoms with Crippen LogP contribution in [0.25, 0.3) is 0 Å². The number of anilines is 1. The summed E-state index contributed by atoms with van der Waals surface area (Å²) in [4.78, 5) is 2.36. The van der Waals surface area contributed by atoms with Gasteiger partial charge in [0.15, 0.2) is 5.84 Å². The highest BCUT2D eigenvalue weighted by molar-refractivity contribution is 6.02. The summed E-state index contributed by atoms with van der Waals surface area (Å²) >= 11 is 0. The van der Waals surface area contributed by atoms with Crippen LogP contribution in [0.1, 0.15) is 43.9 Å². The fourth-order valence-corrected chi connectivity index (χ4v) is 2.50. The third-order valence-corrected chi connectivity index (χ3v) is 3.57. The molecule has 0 spiro atoms. The van der Waals surface area contributed by atoms with Crippen molar-refractivity contribution in [1.29, 1.82) is 0 Å². The van der Waals surface area contributed by atoms with E-state index < -0.39 is 0 Å². The second-order valence-corrected chi connectivity index (χ2v) is 5.17. The van der Waals surface area contributed by atoms with E-state index >= 15 is 0 Å². The minimum atomic E-state index is 0.141. The molecule has 0 unspecified atom stereocenters. The predicted octanol–water partition coefficient (Wildman–Crippen LogP) is 1.59. The van der Waals surface area contributed by atoms with Gasteiger partial charge < -0.3 is 15.8 Å². The summed E-state index contributed by atoms with van der Waals surface area (Å²) in [6, 6.07) is 0.576. The third kappa shape index (κ3) is 2.67. The average Bonchev–Trinajstić information content (AvgIpc) is 3.16. The smallest absolute Gasteiger partial charge is 0.175 e. The fourth-order valence-electron chi connectivity index (χ4n) is 2.50. The first-order valence-corrected chi connectivity index (χ1v) is 6.88. The first kappa shape index (κ1) is 13.7. The van der Waals surface area contributed by atoms with Gasteiger partial charge in [0.1, 0.15) is 5.82 Å². The molecule has 0 atom stereocenters. The van der Waals surface area contributed by atoms with Crippen LogP contribution in [-0.2, 0) is 7.05 Å². The zero-order valence-corrected chi connectivity index (χ0v) is 11.9. The lowest BCUT2D eigenvalue weighted by Crippen LogP contribution is -2.31. The number of aryl methyl sites for hydroxylation is 2. The van der Waals surface area contributed by atoms with Crippen molar-refractivity contribution in [3.63, 3.8) is 0 Å². The Labute approximate surface area is 113 Å². The Balaban J connectivity index is 2.40. The van der Waals surface area contributed by atoms with Gasteiger partial charge >= 0.3 is 0 Å². The molecule has 0 aliphatic heterocycles. The second-order valence-electron chi connectivity index (χ2n) is 5.17. The Morgan fingerprint density at radius 2 is 2.26 bits per heavy atom. The van der Waals surface area contributed by atoms with E-state index in [9.17, 15) is 0 Å². The summed E-state index contributed by atoms with van der Waals surface area (Å²) in [5, 5.41) is 16.5. The molecule has 19 heavy (non-hydrogen) atoms. The third-order valence-electron chi connectivity index (χ3n) is 3.57. The van der Waals surface area contributed by atoms with Crippen LogP contribution in [0.15, 0.2) is 5.16 Å². The molecule has 1 aromatic heterocycles. The molecule has 1 aliphatic rings. The van der Waals surface area contributed by atoms with Gasteiger partial charge in [-0.1, -0.05) is 18.5 Å². The monoisotopic (exact) mass is 265 g/mol. The van der Waals surface area contributed by atoms with Crippen LogP contribution in [0.2, 0.25) is 0 Å². The van der Waals surface area contributed by atoms with Crippen molar-refractivity contribution in [2.45, 2.75) is 45.6 Å². The first-order chi connectivity index (χ1) is 9.10. The van der Waals surface area contributed by atoms with Gasteiger partial charge in [-0.3, -0.25) is 4.68 Å². The number of aromatic nitrogens is 2. The van der Waals surface area contributed by atoms with Crippen molar-refractivity contribution in [1.82, 2.24) is 9.78 Å². The minimum Gasteiger partial charge on any atom is -0.409 e. The van der Waals surface area contributed by atoms with Crippen LogP contribution in [0, 0.1) is 6.92 Å². The number of oxime groups is 1. The summed E-state index contributed by atoms with van der Waals surface area (Å²) in [6.07, 6.45) is 4.71. The summed E-state index contributed by atoms with van der Waals surface area (Å²) < 4.78 is 1.84. The zero-order chi connectivity index (χ0) is 14.0. The lowest BCUT2D eigenvalue weighted by molar-refractivity contribution is 0.318. The maximum atomic E-state index is 8.97. The SMILES string of the molecule is CCCCN(c1c(C(N)=NO)c(C)nn1C)C1CC1. The van der Waals surface area contributed by atoms with E-state index in [0.717, 1.165) is 36.5 Å². The van der Waals surface area contributed by atoms with E-state index in [1.165, 1.54) is 12.8 Å². The van der Waals surface area contributed by atoms with Gasteiger partial charge in [-0.05, 0) is 26.2 Å². The summed E-state index contributed by atoms with van der Waals surface area (Å²) in [6.45, 7) is 5.07. The van der Waals surface area contributed by atoms with E-state index in [4.69, 9.17) is 10.9 Å². The van der Waals surface area contributed by atoms with Crippen LogP contribution in [-0.4, -0.2) is 33.4 Å². The van der Waals surface area contributed by atoms with Gasteiger partial charge in [-0.25, -0.2) is 0 Å². The number of hydrogen-bond donors (Lipinski definition) is 2. The number of unbranched alkanes of at least 4 members (excludes halogenated alkanes) is 1. The molecule has 1 heterocycles. The lowest BCUT2D eigenvalue weighted by atomic mass is 10.2. The number of nitrogens with zero attached hydrogens (tertiary/aromatic N) is 4. The number of amidine groups is 1. The standard InChI is InChI=1S/C13H23N5O/c1-4-5-8-18(10-6-7-10)13-11(12(14)16-19)9(2)15-17(13)3/h10,19H,4-8H2,1-3H3,(H2,14,16). The van der Waals surface area contributed by atoms with Crippen LogP contribution in [0.5, 0.6) is 0 Å². The van der Waals surface area contributed by atoms with Crippen molar-refractivity contribution in [3.8, 4) is 0 Å². The number of hydrogen-bond acceptors (Lipinski definition) is 4. The Kier molecular flexibility index (Phi) is 3.97. The van der Waals surface area contributed by atoms with Crippen molar-refractivity contribution in [2.24, 2.45) is 17.9 Å². The van der Waals surface area contributed by atoms with E-state index in [-0.39, 0.29) is 5.84 Å². The van der Waals surface area contributed by atoms with Gasteiger partial charge in [0.25, 0.3) is 0 Å². The number of nitrogens with two attached hydrogens (primary N) is 1. The van der Waals surface area contributed by atoms with Gasteiger partial charge in [0.05, 0.1) is 11.3 Å². The summed E-state index contributed by atoms with van der Waals surface area (Å²) in [5.74, 6) is 1.12. The highest BCUT2D eigenvalue weighted by Crippen LogP contribution is 2.34. The van der Waals surface area contributed by atoms with Crippen LogP contribution in [0.3, 0.4) is 0 Å². The van der Waals surface area contributed by atoms with Gasteiger partial charge in [0, 0.05) is 19.6 Å². The zero-order valence-electron chi connectivity index (χ0n) is 11.9. The molecule has 6 nitrogen and oxygen atoms in total. The molecule has 0 bridgehead atoms. The number of rotatable bonds is 6. The van der Waals surface area contributed by atoms with Crippen molar-refractivity contribution < 1.29 is 5.21 Å². The van der Waals surface area contributed by atoms with Crippen LogP contribution >= 0.6 is 0 Å². The van der Waals surface area contributed by atoms with E-state index in [0.29, 0.717) is 6.04 Å². The molecular weight excluding hydrogens is 242 g/mol. The summed E-state index contributed by atoms with van der Waals surface area (Å²) in [7, 11) is 1.91. The van der Waals surface area contributed by atoms with Crippen LogP contribution in [0.4, 0.5) is 5.82 Å². The molecule has 1 saturated carbocycles. The van der Waals surface area contributed by atoms with E-state index in [1.54, 1.807) is 0 Å². The molecule has 1 fully saturated rings. The largest absolute Gasteiger partial charge is 0.409 e. The van der Waals surface area contributed by atoms with Crippen molar-refractivity contribution in [2.75, 3.05) is 11.4 Å². The predicted molar refractivity (Wildman–Crippen MR) is 75.7 cm³/mol. The quantitative estimate of drug-likeness (QED) is 0.354. The highest BCUT2D eigenvalue weighted by Gasteiger charge is 2.33. The lowest BCUT2D eigenvalue weighted by Gasteiger charge is -2.25. The van der Waals surface area contributed by atoms with E-state index in [1.807, 2.05) is 18.7 Å². The molecule has 3 N–H and O–H groups in total. The molecule has 0 saturated heterocycles. The molecule has 1 aromatic rings. The topological polar surface area (TPSA) is 79.7 Å². The minimum absolute atomic E-state index is 0.141. The Hall–Kier alpha value is -1.72. The van der Waals surface area contributed by atoms with E-state index in [2.05, 4.69) is 22.1 Å². The Morgan fingerprint density at radius 1 is 1.58 bits per heavy atom. The molecule has 1 aliphatic carbocycles. The van der Waals surface area contributed by atoms with Crippen molar-refractivity contribution in [3.05, 3.63) is 11.3 Å². The summed E-state index contributed by atoms with van der Waals surface area (Å²) in [5.41, 5.74) is 7.37. The van der Waals surface area contributed by atoms with Gasteiger partial charge in [0.2, 0.25) is 0 Å². The normalized spacial score (nSPS) is 15.8. The van der Waals surface area contributed by atoms with Gasteiger partial charge in [-0.15, -0.1) is 0 Å². The van der Waals surface area contributed by atoms with Crippen molar-refractivity contribution >= 4 is 11.7 Å². The molecule has 2 rings (SSSR count). The molecule has 0 amide bonds. The van der Waals surface area contributed by atoms with Crippen LogP contribution < -0.4 is 10.6 Å². The molecule has 0 aromatic carbocycles.